The van der Waals surface area contributed by atoms with Crippen LogP contribution in [-0.4, -0.2) is 44.3 Å². The number of carbonyl (C=O) groups excluding carboxylic acids is 2. The van der Waals surface area contributed by atoms with Crippen molar-refractivity contribution in [3.8, 4) is 0 Å². The molecule has 0 saturated carbocycles. The lowest BCUT2D eigenvalue weighted by atomic mass is 10.0. The van der Waals surface area contributed by atoms with Crippen molar-refractivity contribution in [1.29, 1.82) is 0 Å². The van der Waals surface area contributed by atoms with Gasteiger partial charge >= 0.3 is 0 Å². The Hall–Kier alpha value is -4.14. The zero-order chi connectivity index (χ0) is 30.1. The van der Waals surface area contributed by atoms with E-state index in [2.05, 4.69) is 5.32 Å². The summed E-state index contributed by atoms with van der Waals surface area (Å²) in [6.45, 7) is 3.73. The highest BCUT2D eigenvalue weighted by molar-refractivity contribution is 7.92. The Labute approximate surface area is 252 Å². The molecule has 0 saturated heterocycles. The average molecular weight is 604 g/mol. The van der Waals surface area contributed by atoms with Crippen molar-refractivity contribution in [3.05, 3.63) is 131 Å². The highest BCUT2D eigenvalue weighted by Crippen LogP contribution is 2.27. The van der Waals surface area contributed by atoms with E-state index in [1.807, 2.05) is 68.4 Å². The van der Waals surface area contributed by atoms with Gasteiger partial charge in [0.1, 0.15) is 12.6 Å². The van der Waals surface area contributed by atoms with Crippen LogP contribution in [0, 0.1) is 6.92 Å². The lowest BCUT2D eigenvalue weighted by Gasteiger charge is -2.34. The Morgan fingerprint density at radius 3 is 2.12 bits per heavy atom. The van der Waals surface area contributed by atoms with Gasteiger partial charge < -0.3 is 10.2 Å². The number of carbonyl (C=O) groups is 2. The molecule has 0 bridgehead atoms. The maximum absolute atomic E-state index is 14.3. The number of halogens is 1. The van der Waals surface area contributed by atoms with E-state index < -0.39 is 28.5 Å². The lowest BCUT2D eigenvalue weighted by molar-refractivity contribution is -0.140. The van der Waals surface area contributed by atoms with Crippen molar-refractivity contribution < 1.29 is 18.0 Å². The minimum Gasteiger partial charge on any atom is -0.355 e. The van der Waals surface area contributed by atoms with Gasteiger partial charge in [-0.05, 0) is 55.3 Å². The molecular formula is C33H34ClN3O4S. The molecule has 0 aliphatic rings. The number of anilines is 1. The topological polar surface area (TPSA) is 86.8 Å². The van der Waals surface area contributed by atoms with Gasteiger partial charge in [-0.25, -0.2) is 8.42 Å². The van der Waals surface area contributed by atoms with Crippen LogP contribution >= 0.6 is 11.6 Å². The number of hydrogen-bond donors (Lipinski definition) is 1. The monoisotopic (exact) mass is 603 g/mol. The van der Waals surface area contributed by atoms with Gasteiger partial charge in [-0.3, -0.25) is 13.9 Å². The third kappa shape index (κ3) is 7.78. The average Bonchev–Trinajstić information content (AvgIpc) is 2.98. The number of sulfonamides is 1. The number of rotatable bonds is 12. The number of amides is 2. The van der Waals surface area contributed by atoms with Crippen molar-refractivity contribution in [2.45, 2.75) is 37.8 Å². The number of aryl methyl sites for hydroxylation is 1. The minimum atomic E-state index is -4.17. The molecule has 0 heterocycles. The lowest BCUT2D eigenvalue weighted by Crippen LogP contribution is -2.53. The fourth-order valence-corrected chi connectivity index (χ4v) is 6.34. The molecule has 218 valence electrons. The van der Waals surface area contributed by atoms with Gasteiger partial charge in [-0.1, -0.05) is 96.0 Å². The van der Waals surface area contributed by atoms with Crippen molar-refractivity contribution in [2.24, 2.45) is 0 Å². The molecule has 1 N–H and O–H groups in total. The molecule has 1 unspecified atom stereocenters. The second-order valence-electron chi connectivity index (χ2n) is 9.92. The van der Waals surface area contributed by atoms with Crippen molar-refractivity contribution in [3.63, 3.8) is 0 Å². The minimum absolute atomic E-state index is 0.0348. The number of likely N-dealkylation sites (N-methyl/N-ethyl adjacent to an activating group) is 1. The molecule has 0 radical (unpaired) electrons. The molecule has 9 heteroatoms. The fraction of sp³-hybridized carbons (Fsp3) is 0.212. The molecule has 0 aliphatic heterocycles. The Kier molecular flexibility index (Phi) is 10.4. The third-order valence-electron chi connectivity index (χ3n) is 6.76. The van der Waals surface area contributed by atoms with Gasteiger partial charge in [0.2, 0.25) is 11.8 Å². The van der Waals surface area contributed by atoms with Crippen molar-refractivity contribution in [2.75, 3.05) is 17.4 Å². The second kappa shape index (κ2) is 14.2. The van der Waals surface area contributed by atoms with E-state index in [4.69, 9.17) is 11.6 Å². The van der Waals surface area contributed by atoms with Crippen LogP contribution in [0.3, 0.4) is 0 Å². The van der Waals surface area contributed by atoms with Crippen molar-refractivity contribution in [1.82, 2.24) is 10.2 Å². The largest absolute Gasteiger partial charge is 0.355 e. The van der Waals surface area contributed by atoms with E-state index in [0.717, 1.165) is 21.0 Å². The predicted molar refractivity (Wildman–Crippen MR) is 167 cm³/mol. The summed E-state index contributed by atoms with van der Waals surface area (Å²) in [6.07, 6.45) is 0.257. The first-order chi connectivity index (χ1) is 20.2. The number of nitrogens with one attached hydrogen (secondary N) is 1. The van der Waals surface area contributed by atoms with E-state index in [1.54, 1.807) is 36.4 Å². The predicted octanol–water partition coefficient (Wildman–Crippen LogP) is 5.62. The van der Waals surface area contributed by atoms with Crippen LogP contribution < -0.4 is 9.62 Å². The Bertz CT molecular complexity index is 1610. The highest BCUT2D eigenvalue weighted by atomic mass is 35.5. The smallest absolute Gasteiger partial charge is 0.264 e. The van der Waals surface area contributed by atoms with Crippen LogP contribution in [-0.2, 0) is 32.6 Å². The molecule has 0 fully saturated rings. The number of benzene rings is 4. The highest BCUT2D eigenvalue weighted by Gasteiger charge is 2.34. The normalized spacial score (nSPS) is 11.9. The van der Waals surface area contributed by atoms with E-state index in [-0.39, 0.29) is 29.5 Å². The third-order valence-corrected chi connectivity index (χ3v) is 8.79. The van der Waals surface area contributed by atoms with Gasteiger partial charge in [0.15, 0.2) is 0 Å². The first-order valence-electron chi connectivity index (χ1n) is 13.7. The molecule has 2 amide bonds. The van der Waals surface area contributed by atoms with Crippen LogP contribution in [0.25, 0.3) is 0 Å². The zero-order valence-corrected chi connectivity index (χ0v) is 25.2. The number of nitrogens with zero attached hydrogens (tertiary/aromatic N) is 2. The molecule has 4 rings (SSSR count). The summed E-state index contributed by atoms with van der Waals surface area (Å²) in [6, 6.07) is 30.5. The SMILES string of the molecule is CCNC(=O)C(Cc1ccccc1)N(Cc1cccc(C)c1)C(=O)CN(c1cccc(Cl)c1)S(=O)(=O)c1ccccc1. The second-order valence-corrected chi connectivity index (χ2v) is 12.2. The van der Waals surface area contributed by atoms with Gasteiger partial charge in [-0.15, -0.1) is 0 Å². The van der Waals surface area contributed by atoms with Crippen molar-refractivity contribution >= 4 is 39.1 Å². The van der Waals surface area contributed by atoms with Gasteiger partial charge in [0.05, 0.1) is 10.6 Å². The summed E-state index contributed by atoms with van der Waals surface area (Å²) >= 11 is 6.25. The van der Waals surface area contributed by atoms with Crippen LogP contribution in [0.5, 0.6) is 0 Å². The van der Waals surface area contributed by atoms with Crippen LogP contribution in [0.1, 0.15) is 23.6 Å². The molecule has 1 atom stereocenters. The summed E-state index contributed by atoms with van der Waals surface area (Å²) < 4.78 is 28.9. The zero-order valence-electron chi connectivity index (χ0n) is 23.6. The standard InChI is InChI=1S/C33H34ClN3O4S/c1-3-35-33(39)31(21-26-13-6-4-7-14-26)36(23-27-15-10-12-25(2)20-27)32(38)24-37(29-17-11-16-28(34)22-29)42(40,41)30-18-8-5-9-19-30/h4-20,22,31H,3,21,23-24H2,1-2H3,(H,35,39). The Morgan fingerprint density at radius 2 is 1.48 bits per heavy atom. The summed E-state index contributed by atoms with van der Waals surface area (Å²) in [5.41, 5.74) is 2.95. The molecule has 4 aromatic carbocycles. The van der Waals surface area contributed by atoms with E-state index >= 15 is 0 Å². The molecule has 4 aromatic rings. The first kappa shape index (κ1) is 30.8. The quantitative estimate of drug-likeness (QED) is 0.228. The molecular weight excluding hydrogens is 570 g/mol. The number of hydrogen-bond acceptors (Lipinski definition) is 4. The molecule has 0 spiro atoms. The molecule has 0 aromatic heterocycles. The summed E-state index contributed by atoms with van der Waals surface area (Å²) in [5.74, 6) is -0.842. The Balaban J connectivity index is 1.79. The summed E-state index contributed by atoms with van der Waals surface area (Å²) in [4.78, 5) is 29.4. The van der Waals surface area contributed by atoms with E-state index in [1.165, 1.54) is 23.1 Å². The van der Waals surface area contributed by atoms with Gasteiger partial charge in [0.25, 0.3) is 10.0 Å². The van der Waals surface area contributed by atoms with Crippen LogP contribution in [0.15, 0.2) is 114 Å². The fourth-order valence-electron chi connectivity index (χ4n) is 4.73. The van der Waals surface area contributed by atoms with Crippen LogP contribution in [0.2, 0.25) is 5.02 Å². The van der Waals surface area contributed by atoms with E-state index in [9.17, 15) is 18.0 Å². The first-order valence-corrected chi connectivity index (χ1v) is 15.5. The summed E-state index contributed by atoms with van der Waals surface area (Å²) in [7, 11) is -4.17. The summed E-state index contributed by atoms with van der Waals surface area (Å²) in [5, 5.41) is 3.19. The maximum atomic E-state index is 14.3. The van der Waals surface area contributed by atoms with Crippen LogP contribution in [0.4, 0.5) is 5.69 Å². The van der Waals surface area contributed by atoms with E-state index in [0.29, 0.717) is 11.6 Å². The van der Waals surface area contributed by atoms with Gasteiger partial charge in [0, 0.05) is 24.5 Å². The molecule has 42 heavy (non-hydrogen) atoms. The maximum Gasteiger partial charge on any atom is 0.264 e. The molecule has 0 aliphatic carbocycles. The molecule has 7 nitrogen and oxygen atoms in total. The Morgan fingerprint density at radius 1 is 0.833 bits per heavy atom. The van der Waals surface area contributed by atoms with Gasteiger partial charge in [-0.2, -0.15) is 0 Å².